The van der Waals surface area contributed by atoms with Gasteiger partial charge in [0.05, 0.1) is 0 Å². The first kappa shape index (κ1) is 14.4. The molecule has 0 saturated carbocycles. The highest BCUT2D eigenvalue weighted by molar-refractivity contribution is 5.95. The predicted molar refractivity (Wildman–Crippen MR) is 78.3 cm³/mol. The molecule has 1 heterocycles. The van der Waals surface area contributed by atoms with Gasteiger partial charge in [0.25, 0.3) is 5.91 Å². The van der Waals surface area contributed by atoms with Crippen molar-refractivity contribution >= 4 is 17.5 Å². The number of benzene rings is 1. The number of anilines is 1. The molecule has 5 heteroatoms. The fourth-order valence-corrected chi connectivity index (χ4v) is 2.28. The van der Waals surface area contributed by atoms with Crippen molar-refractivity contribution in [1.29, 1.82) is 0 Å². The molecule has 1 aliphatic heterocycles. The standard InChI is InChI=1S/C15H21N3O2/c1-3-14(19)16-17-15(20)12-4-6-13(7-5-12)18-9-8-11(2)10-18/h4-7,11H,3,8-10H2,1-2H3,(H,16,19)(H,17,20). The zero-order valence-electron chi connectivity index (χ0n) is 12.0. The Morgan fingerprint density at radius 1 is 1.25 bits per heavy atom. The lowest BCUT2D eigenvalue weighted by atomic mass is 10.1. The van der Waals surface area contributed by atoms with E-state index in [0.29, 0.717) is 12.0 Å². The topological polar surface area (TPSA) is 61.4 Å². The van der Waals surface area contributed by atoms with E-state index in [1.54, 1.807) is 19.1 Å². The van der Waals surface area contributed by atoms with Gasteiger partial charge in [-0.1, -0.05) is 13.8 Å². The van der Waals surface area contributed by atoms with Crippen molar-refractivity contribution in [2.75, 3.05) is 18.0 Å². The van der Waals surface area contributed by atoms with E-state index in [2.05, 4.69) is 22.7 Å². The van der Waals surface area contributed by atoms with E-state index in [0.717, 1.165) is 24.7 Å². The number of rotatable bonds is 3. The molecule has 0 aliphatic carbocycles. The van der Waals surface area contributed by atoms with Gasteiger partial charge in [-0.05, 0) is 36.6 Å². The Morgan fingerprint density at radius 3 is 2.50 bits per heavy atom. The number of carbonyl (C=O) groups excluding carboxylic acids is 2. The Morgan fingerprint density at radius 2 is 1.95 bits per heavy atom. The molecular weight excluding hydrogens is 254 g/mol. The average Bonchev–Trinajstić information content (AvgIpc) is 2.91. The van der Waals surface area contributed by atoms with Crippen molar-refractivity contribution in [3.8, 4) is 0 Å². The monoisotopic (exact) mass is 275 g/mol. The van der Waals surface area contributed by atoms with E-state index in [-0.39, 0.29) is 11.8 Å². The van der Waals surface area contributed by atoms with Crippen molar-refractivity contribution in [3.63, 3.8) is 0 Å². The average molecular weight is 275 g/mol. The largest absolute Gasteiger partial charge is 0.371 e. The number of hydrazine groups is 1. The van der Waals surface area contributed by atoms with E-state index < -0.39 is 0 Å². The first-order chi connectivity index (χ1) is 9.60. The summed E-state index contributed by atoms with van der Waals surface area (Å²) in [7, 11) is 0. The summed E-state index contributed by atoms with van der Waals surface area (Å²) < 4.78 is 0. The SMILES string of the molecule is CCC(=O)NNC(=O)c1ccc(N2CCC(C)C2)cc1. The number of hydrogen-bond acceptors (Lipinski definition) is 3. The molecule has 0 radical (unpaired) electrons. The molecule has 0 aromatic heterocycles. The van der Waals surface area contributed by atoms with Gasteiger partial charge >= 0.3 is 0 Å². The maximum atomic E-state index is 11.8. The summed E-state index contributed by atoms with van der Waals surface area (Å²) in [4.78, 5) is 25.2. The van der Waals surface area contributed by atoms with Gasteiger partial charge in [-0.2, -0.15) is 0 Å². The van der Waals surface area contributed by atoms with Crippen LogP contribution in [-0.2, 0) is 4.79 Å². The van der Waals surface area contributed by atoms with Crippen LogP contribution in [0.25, 0.3) is 0 Å². The second kappa shape index (κ2) is 6.41. The molecule has 2 N–H and O–H groups in total. The zero-order valence-corrected chi connectivity index (χ0v) is 12.0. The summed E-state index contributed by atoms with van der Waals surface area (Å²) >= 11 is 0. The molecule has 20 heavy (non-hydrogen) atoms. The van der Waals surface area contributed by atoms with Crippen molar-refractivity contribution in [1.82, 2.24) is 10.9 Å². The van der Waals surface area contributed by atoms with E-state index in [1.165, 1.54) is 6.42 Å². The fourth-order valence-electron chi connectivity index (χ4n) is 2.28. The molecule has 1 fully saturated rings. The number of nitrogens with zero attached hydrogens (tertiary/aromatic N) is 1. The third kappa shape index (κ3) is 3.50. The third-order valence-corrected chi connectivity index (χ3v) is 3.56. The van der Waals surface area contributed by atoms with Crippen LogP contribution in [0.15, 0.2) is 24.3 Å². The van der Waals surface area contributed by atoms with Crippen LogP contribution < -0.4 is 15.8 Å². The van der Waals surface area contributed by atoms with Crippen LogP contribution in [0.1, 0.15) is 37.0 Å². The number of hydrogen-bond donors (Lipinski definition) is 2. The lowest BCUT2D eigenvalue weighted by Gasteiger charge is -2.18. The molecule has 1 atom stereocenters. The Hall–Kier alpha value is -2.04. The van der Waals surface area contributed by atoms with Gasteiger partial charge in [0, 0.05) is 30.8 Å². The highest BCUT2D eigenvalue weighted by Gasteiger charge is 2.18. The van der Waals surface area contributed by atoms with Crippen molar-refractivity contribution in [2.24, 2.45) is 5.92 Å². The third-order valence-electron chi connectivity index (χ3n) is 3.56. The quantitative estimate of drug-likeness (QED) is 0.825. The first-order valence-corrected chi connectivity index (χ1v) is 7.04. The van der Waals surface area contributed by atoms with Gasteiger partial charge in [-0.25, -0.2) is 0 Å². The maximum absolute atomic E-state index is 11.8. The van der Waals surface area contributed by atoms with Gasteiger partial charge in [0.2, 0.25) is 5.91 Å². The number of amides is 2. The molecule has 108 valence electrons. The van der Waals surface area contributed by atoms with Crippen LogP contribution in [-0.4, -0.2) is 24.9 Å². The van der Waals surface area contributed by atoms with Crippen LogP contribution in [0.3, 0.4) is 0 Å². The molecule has 1 unspecified atom stereocenters. The zero-order chi connectivity index (χ0) is 14.5. The summed E-state index contributed by atoms with van der Waals surface area (Å²) in [5.41, 5.74) is 6.43. The van der Waals surface area contributed by atoms with Crippen molar-refractivity contribution in [3.05, 3.63) is 29.8 Å². The molecule has 1 aliphatic rings. The maximum Gasteiger partial charge on any atom is 0.269 e. The van der Waals surface area contributed by atoms with Crippen molar-refractivity contribution in [2.45, 2.75) is 26.7 Å². The van der Waals surface area contributed by atoms with E-state index in [9.17, 15) is 9.59 Å². The minimum absolute atomic E-state index is 0.207. The molecule has 1 aromatic rings. The van der Waals surface area contributed by atoms with Gasteiger partial charge in [-0.15, -0.1) is 0 Å². The Labute approximate surface area is 119 Å². The van der Waals surface area contributed by atoms with E-state index >= 15 is 0 Å². The van der Waals surface area contributed by atoms with Gasteiger partial charge in [-0.3, -0.25) is 20.4 Å². The lowest BCUT2D eigenvalue weighted by Crippen LogP contribution is -2.41. The molecule has 2 rings (SSSR count). The molecule has 0 spiro atoms. The summed E-state index contributed by atoms with van der Waals surface area (Å²) in [5.74, 6) is 0.219. The highest BCUT2D eigenvalue weighted by atomic mass is 16.2. The van der Waals surface area contributed by atoms with E-state index in [1.807, 2.05) is 12.1 Å². The summed E-state index contributed by atoms with van der Waals surface area (Å²) in [5, 5.41) is 0. The number of nitrogens with one attached hydrogen (secondary N) is 2. The van der Waals surface area contributed by atoms with Crippen molar-refractivity contribution < 1.29 is 9.59 Å². The minimum atomic E-state index is -0.298. The summed E-state index contributed by atoms with van der Waals surface area (Å²) in [6, 6.07) is 7.47. The molecule has 1 saturated heterocycles. The summed E-state index contributed by atoms with van der Waals surface area (Å²) in [6.07, 6.45) is 1.55. The predicted octanol–water partition coefficient (Wildman–Crippen LogP) is 1.70. The Bertz CT molecular complexity index is 484. The highest BCUT2D eigenvalue weighted by Crippen LogP contribution is 2.23. The van der Waals surface area contributed by atoms with Gasteiger partial charge < -0.3 is 4.90 Å². The molecule has 2 amide bonds. The molecule has 1 aromatic carbocycles. The Balaban J connectivity index is 1.94. The van der Waals surface area contributed by atoms with E-state index in [4.69, 9.17) is 0 Å². The lowest BCUT2D eigenvalue weighted by molar-refractivity contribution is -0.121. The fraction of sp³-hybridized carbons (Fsp3) is 0.467. The second-order valence-corrected chi connectivity index (χ2v) is 5.24. The normalized spacial score (nSPS) is 17.9. The van der Waals surface area contributed by atoms with Crippen LogP contribution in [0.2, 0.25) is 0 Å². The number of carbonyl (C=O) groups is 2. The Kier molecular flexibility index (Phi) is 4.61. The van der Waals surface area contributed by atoms with Gasteiger partial charge in [0.15, 0.2) is 0 Å². The first-order valence-electron chi connectivity index (χ1n) is 7.04. The smallest absolute Gasteiger partial charge is 0.269 e. The molecule has 0 bridgehead atoms. The second-order valence-electron chi connectivity index (χ2n) is 5.24. The summed E-state index contributed by atoms with van der Waals surface area (Å²) in [6.45, 7) is 6.11. The van der Waals surface area contributed by atoms with Crippen LogP contribution in [0, 0.1) is 5.92 Å². The van der Waals surface area contributed by atoms with Crippen LogP contribution in [0.5, 0.6) is 0 Å². The minimum Gasteiger partial charge on any atom is -0.371 e. The van der Waals surface area contributed by atoms with Crippen LogP contribution >= 0.6 is 0 Å². The van der Waals surface area contributed by atoms with Crippen LogP contribution in [0.4, 0.5) is 5.69 Å². The molecular formula is C15H21N3O2. The van der Waals surface area contributed by atoms with Gasteiger partial charge in [0.1, 0.15) is 0 Å². The molecule has 5 nitrogen and oxygen atoms in total.